The normalized spacial score (nSPS) is 11.0. The number of fused-ring (bicyclic) bond motifs is 1. The van der Waals surface area contributed by atoms with E-state index < -0.39 is 0 Å². The zero-order valence-corrected chi connectivity index (χ0v) is 19.0. The van der Waals surface area contributed by atoms with Crippen molar-refractivity contribution in [2.75, 3.05) is 17.3 Å². The highest BCUT2D eigenvalue weighted by molar-refractivity contribution is 7.99. The number of thioether (sulfide) groups is 2. The molecule has 0 unspecified atom stereocenters. The topological polar surface area (TPSA) is 64.0 Å². The third-order valence-electron chi connectivity index (χ3n) is 4.50. The first-order valence-electron chi connectivity index (χ1n) is 9.33. The molecule has 4 rings (SSSR count). The van der Waals surface area contributed by atoms with E-state index in [4.69, 9.17) is 0 Å². The number of amides is 1. The molecular weight excluding hydrogens is 453 g/mol. The van der Waals surface area contributed by atoms with Crippen molar-refractivity contribution >= 4 is 56.7 Å². The number of carbonyl (C=O) groups excluding carboxylic acids is 1. The molecule has 5 nitrogen and oxygen atoms in total. The lowest BCUT2D eigenvalue weighted by Gasteiger charge is -2.13. The fourth-order valence-electron chi connectivity index (χ4n) is 3.00. The molecule has 1 amide bonds. The summed E-state index contributed by atoms with van der Waals surface area (Å²) in [6, 6.07) is 15.7. The molecule has 31 heavy (non-hydrogen) atoms. The summed E-state index contributed by atoms with van der Waals surface area (Å²) in [5.74, 6) is -0.522. The van der Waals surface area contributed by atoms with Crippen LogP contribution in [0.3, 0.4) is 0 Å². The summed E-state index contributed by atoms with van der Waals surface area (Å²) in [5, 5.41) is 5.05. The molecule has 0 atom stereocenters. The number of aromatic nitrogens is 2. The molecule has 0 aliphatic heterocycles. The molecule has 0 fully saturated rings. The number of carbonyl (C=O) groups is 1. The zero-order chi connectivity index (χ0) is 21.8. The molecule has 0 aliphatic carbocycles. The van der Waals surface area contributed by atoms with Gasteiger partial charge in [0.25, 0.3) is 5.56 Å². The Labute approximate surface area is 190 Å². The Morgan fingerprint density at radius 3 is 2.84 bits per heavy atom. The number of hydrogen-bond acceptors (Lipinski definition) is 6. The van der Waals surface area contributed by atoms with E-state index in [2.05, 4.69) is 10.3 Å². The molecule has 158 valence electrons. The number of anilines is 1. The number of nitrogens with zero attached hydrogens (tertiary/aromatic N) is 2. The standard InChI is InChI=1S/C22H18FN3O2S3/c1-29-16-7-4-6-15(11-16)24-19(27)13-31-22-25-18-9-10-30-20(18)21(28)26(22)12-14-5-2-3-8-17(14)23/h2-11H,12-13H2,1H3,(H,24,27). The number of rotatable bonds is 7. The van der Waals surface area contributed by atoms with Crippen molar-refractivity contribution in [2.45, 2.75) is 16.6 Å². The summed E-state index contributed by atoms with van der Waals surface area (Å²) in [5.41, 5.74) is 1.44. The van der Waals surface area contributed by atoms with Crippen molar-refractivity contribution in [1.29, 1.82) is 0 Å². The van der Waals surface area contributed by atoms with Crippen LogP contribution >= 0.6 is 34.9 Å². The van der Waals surface area contributed by atoms with Crippen molar-refractivity contribution in [2.24, 2.45) is 0 Å². The second-order valence-corrected chi connectivity index (χ2v) is 9.32. The number of nitrogens with one attached hydrogen (secondary N) is 1. The van der Waals surface area contributed by atoms with Gasteiger partial charge in [0.05, 0.1) is 17.8 Å². The maximum absolute atomic E-state index is 14.2. The highest BCUT2D eigenvalue weighted by Crippen LogP contribution is 2.23. The first-order valence-corrected chi connectivity index (χ1v) is 12.4. The SMILES string of the molecule is CSc1cccc(NC(=O)CSc2nc3ccsc3c(=O)n2Cc2ccccc2F)c1. The highest BCUT2D eigenvalue weighted by atomic mass is 32.2. The summed E-state index contributed by atoms with van der Waals surface area (Å²) < 4.78 is 16.2. The molecule has 0 aliphatic rings. The van der Waals surface area contributed by atoms with Crippen molar-refractivity contribution in [3.05, 3.63) is 81.7 Å². The number of thiophene rings is 1. The van der Waals surface area contributed by atoms with Crippen molar-refractivity contribution in [3.63, 3.8) is 0 Å². The van der Waals surface area contributed by atoms with Gasteiger partial charge >= 0.3 is 0 Å². The van der Waals surface area contributed by atoms with Crippen molar-refractivity contribution in [3.8, 4) is 0 Å². The Morgan fingerprint density at radius 1 is 1.19 bits per heavy atom. The van der Waals surface area contributed by atoms with Crippen LogP contribution in [0.1, 0.15) is 5.56 Å². The lowest BCUT2D eigenvalue weighted by Crippen LogP contribution is -2.24. The molecule has 1 N–H and O–H groups in total. The van der Waals surface area contributed by atoms with Gasteiger partial charge in [0, 0.05) is 16.1 Å². The summed E-state index contributed by atoms with van der Waals surface area (Å²) in [6.45, 7) is 0.0477. The van der Waals surface area contributed by atoms with Crippen LogP contribution < -0.4 is 10.9 Å². The monoisotopic (exact) mass is 471 g/mol. The highest BCUT2D eigenvalue weighted by Gasteiger charge is 2.16. The average Bonchev–Trinajstić information content (AvgIpc) is 3.25. The number of benzene rings is 2. The second kappa shape index (κ2) is 9.67. The van der Waals surface area contributed by atoms with Crippen LogP contribution in [0, 0.1) is 5.82 Å². The number of halogens is 1. The van der Waals surface area contributed by atoms with Crippen molar-refractivity contribution in [1.82, 2.24) is 9.55 Å². The Bertz CT molecular complexity index is 1300. The van der Waals surface area contributed by atoms with Crippen LogP contribution in [0.15, 0.2) is 74.8 Å². The van der Waals surface area contributed by atoms with Gasteiger partial charge in [0.2, 0.25) is 5.91 Å². The first kappa shape index (κ1) is 21.6. The lowest BCUT2D eigenvalue weighted by atomic mass is 10.2. The van der Waals surface area contributed by atoms with E-state index >= 15 is 0 Å². The Morgan fingerprint density at radius 2 is 2.03 bits per heavy atom. The molecule has 4 aromatic rings. The van der Waals surface area contributed by atoms with Gasteiger partial charge in [-0.3, -0.25) is 14.2 Å². The van der Waals surface area contributed by atoms with Gasteiger partial charge in [0.1, 0.15) is 10.5 Å². The maximum Gasteiger partial charge on any atom is 0.272 e. The molecule has 2 aromatic heterocycles. The van der Waals surface area contributed by atoms with Gasteiger partial charge < -0.3 is 5.32 Å². The Balaban J connectivity index is 1.58. The van der Waals surface area contributed by atoms with E-state index in [1.54, 1.807) is 41.4 Å². The van der Waals surface area contributed by atoms with Crippen LogP contribution in [-0.4, -0.2) is 27.5 Å². The number of hydrogen-bond donors (Lipinski definition) is 1. The quantitative estimate of drug-likeness (QED) is 0.300. The minimum absolute atomic E-state index is 0.0477. The summed E-state index contributed by atoms with van der Waals surface area (Å²) in [7, 11) is 0. The molecule has 2 aromatic carbocycles. The van der Waals surface area contributed by atoms with Gasteiger partial charge in [-0.05, 0) is 42.0 Å². The molecule has 0 bridgehead atoms. The molecule has 0 saturated heterocycles. The average molecular weight is 472 g/mol. The van der Waals surface area contributed by atoms with E-state index in [9.17, 15) is 14.0 Å². The molecule has 0 saturated carbocycles. The van der Waals surface area contributed by atoms with E-state index in [1.807, 2.05) is 30.5 Å². The van der Waals surface area contributed by atoms with Crippen LogP contribution in [0.25, 0.3) is 10.2 Å². The van der Waals surface area contributed by atoms with Crippen LogP contribution in [0.2, 0.25) is 0 Å². The summed E-state index contributed by atoms with van der Waals surface area (Å²) >= 11 is 4.05. The summed E-state index contributed by atoms with van der Waals surface area (Å²) in [6.07, 6.45) is 1.97. The maximum atomic E-state index is 14.2. The fraction of sp³-hybridized carbons (Fsp3) is 0.136. The van der Waals surface area contributed by atoms with Crippen LogP contribution in [-0.2, 0) is 11.3 Å². The van der Waals surface area contributed by atoms with Gasteiger partial charge in [-0.25, -0.2) is 9.37 Å². The molecule has 2 heterocycles. The third-order valence-corrected chi connectivity index (χ3v) is 7.10. The van der Waals surface area contributed by atoms with Gasteiger partial charge in [-0.2, -0.15) is 0 Å². The Kier molecular flexibility index (Phi) is 6.74. The minimum Gasteiger partial charge on any atom is -0.325 e. The zero-order valence-electron chi connectivity index (χ0n) is 16.5. The first-order chi connectivity index (χ1) is 15.0. The van der Waals surface area contributed by atoms with Crippen molar-refractivity contribution < 1.29 is 9.18 Å². The predicted molar refractivity (Wildman–Crippen MR) is 127 cm³/mol. The summed E-state index contributed by atoms with van der Waals surface area (Å²) in [4.78, 5) is 31.1. The van der Waals surface area contributed by atoms with Crippen LogP contribution in [0.5, 0.6) is 0 Å². The lowest BCUT2D eigenvalue weighted by molar-refractivity contribution is -0.113. The smallest absolute Gasteiger partial charge is 0.272 e. The fourth-order valence-corrected chi connectivity index (χ4v) is 5.03. The molecule has 9 heteroatoms. The van der Waals surface area contributed by atoms with Gasteiger partial charge in [-0.1, -0.05) is 36.0 Å². The van der Waals surface area contributed by atoms with E-state index in [-0.39, 0.29) is 29.6 Å². The predicted octanol–water partition coefficient (Wildman–Crippen LogP) is 5.10. The van der Waals surface area contributed by atoms with Crippen LogP contribution in [0.4, 0.5) is 10.1 Å². The molecule has 0 spiro atoms. The second-order valence-electron chi connectivity index (χ2n) is 6.58. The Hall–Kier alpha value is -2.62. The van der Waals surface area contributed by atoms with Gasteiger partial charge in [0.15, 0.2) is 5.16 Å². The van der Waals surface area contributed by atoms with E-state index in [1.165, 1.54) is 22.0 Å². The molecular formula is C22H18FN3O2S3. The largest absolute Gasteiger partial charge is 0.325 e. The van der Waals surface area contributed by atoms with E-state index in [0.717, 1.165) is 16.7 Å². The minimum atomic E-state index is -0.386. The van der Waals surface area contributed by atoms with Gasteiger partial charge in [-0.15, -0.1) is 23.1 Å². The molecule has 0 radical (unpaired) electrons. The third kappa shape index (κ3) is 5.00. The van der Waals surface area contributed by atoms with E-state index in [0.29, 0.717) is 26.6 Å².